The van der Waals surface area contributed by atoms with E-state index in [9.17, 15) is 4.79 Å². The molecule has 0 saturated heterocycles. The molecule has 1 rings (SSSR count). The van der Waals surface area contributed by atoms with E-state index < -0.39 is 0 Å². The second-order valence-corrected chi connectivity index (χ2v) is 2.40. The van der Waals surface area contributed by atoms with Gasteiger partial charge in [-0.2, -0.15) is 0 Å². The number of carbonyl (C=O) groups excluding carboxylic acids is 1. The lowest BCUT2D eigenvalue weighted by molar-refractivity contribution is -0.115. The minimum atomic E-state index is -0.134. The number of carbonyl (C=O) groups is 1. The summed E-state index contributed by atoms with van der Waals surface area (Å²) in [6, 6.07) is 1.66. The van der Waals surface area contributed by atoms with Gasteiger partial charge in [-0.25, -0.2) is 0 Å². The van der Waals surface area contributed by atoms with Crippen LogP contribution in [0.2, 0.25) is 0 Å². The van der Waals surface area contributed by atoms with Gasteiger partial charge in [-0.05, 0) is 14.0 Å². The monoisotopic (exact) mass is 169 g/mol. The fraction of sp³-hybridized carbons (Fsp3) is 0.429. The molecule has 12 heavy (non-hydrogen) atoms. The highest BCUT2D eigenvalue weighted by atomic mass is 16.5. The molecule has 0 fully saturated rings. The van der Waals surface area contributed by atoms with E-state index in [1.165, 1.54) is 0 Å². The van der Waals surface area contributed by atoms with Crippen LogP contribution in [-0.4, -0.2) is 24.7 Å². The molecule has 0 saturated carbocycles. The van der Waals surface area contributed by atoms with Crippen LogP contribution in [-0.2, 0) is 4.79 Å². The molecule has 0 radical (unpaired) electrons. The predicted molar refractivity (Wildman–Crippen MR) is 43.8 cm³/mol. The summed E-state index contributed by atoms with van der Waals surface area (Å²) in [6.07, 6.45) is 0. The molecule has 0 bridgehead atoms. The van der Waals surface area contributed by atoms with Crippen molar-refractivity contribution in [3.63, 3.8) is 0 Å². The van der Waals surface area contributed by atoms with E-state index in [-0.39, 0.29) is 12.5 Å². The third-order valence-electron chi connectivity index (χ3n) is 1.23. The predicted octanol–water partition coefficient (Wildman–Crippen LogP) is 0.141. The molecule has 1 heterocycles. The first-order valence-corrected chi connectivity index (χ1v) is 3.60. The van der Waals surface area contributed by atoms with E-state index >= 15 is 0 Å². The number of rotatable bonds is 3. The molecular weight excluding hydrogens is 158 g/mol. The van der Waals surface area contributed by atoms with Crippen molar-refractivity contribution in [3.8, 4) is 0 Å². The van der Waals surface area contributed by atoms with Crippen LogP contribution in [0.1, 0.15) is 5.76 Å². The molecule has 66 valence electrons. The first kappa shape index (κ1) is 8.73. The van der Waals surface area contributed by atoms with Crippen LogP contribution in [0.5, 0.6) is 0 Å². The van der Waals surface area contributed by atoms with Crippen molar-refractivity contribution in [1.29, 1.82) is 0 Å². The van der Waals surface area contributed by atoms with E-state index in [0.717, 1.165) is 0 Å². The van der Waals surface area contributed by atoms with Crippen molar-refractivity contribution in [2.45, 2.75) is 6.92 Å². The average Bonchev–Trinajstić information content (AvgIpc) is 2.36. The van der Waals surface area contributed by atoms with Crippen LogP contribution in [0.4, 0.5) is 5.82 Å². The molecule has 0 aromatic carbocycles. The summed E-state index contributed by atoms with van der Waals surface area (Å²) in [5.74, 6) is 0.994. The van der Waals surface area contributed by atoms with Gasteiger partial charge in [0.2, 0.25) is 5.91 Å². The molecule has 5 heteroatoms. The molecule has 2 N–H and O–H groups in total. The molecule has 0 aliphatic rings. The van der Waals surface area contributed by atoms with Gasteiger partial charge in [0.25, 0.3) is 0 Å². The molecule has 5 nitrogen and oxygen atoms in total. The van der Waals surface area contributed by atoms with Crippen LogP contribution < -0.4 is 10.6 Å². The summed E-state index contributed by atoms with van der Waals surface area (Å²) in [5.41, 5.74) is 0. The molecule has 0 unspecified atom stereocenters. The Kier molecular flexibility index (Phi) is 2.82. The number of nitrogens with one attached hydrogen (secondary N) is 2. The molecule has 1 aromatic heterocycles. The minimum Gasteiger partial charge on any atom is -0.360 e. The van der Waals surface area contributed by atoms with Gasteiger partial charge in [0.15, 0.2) is 5.82 Å². The molecule has 0 spiro atoms. The third kappa shape index (κ3) is 2.35. The van der Waals surface area contributed by atoms with Gasteiger partial charge >= 0.3 is 0 Å². The van der Waals surface area contributed by atoms with E-state index in [2.05, 4.69) is 15.8 Å². The molecule has 0 aliphatic heterocycles. The van der Waals surface area contributed by atoms with Crippen LogP contribution in [0.15, 0.2) is 10.6 Å². The first-order valence-electron chi connectivity index (χ1n) is 3.60. The highest BCUT2D eigenvalue weighted by molar-refractivity contribution is 5.91. The summed E-state index contributed by atoms with van der Waals surface area (Å²) in [4.78, 5) is 11.0. The largest absolute Gasteiger partial charge is 0.360 e. The Balaban J connectivity index is 2.46. The average molecular weight is 169 g/mol. The lowest BCUT2D eigenvalue weighted by Gasteiger charge is -1.97. The molecule has 0 aliphatic carbocycles. The zero-order valence-electron chi connectivity index (χ0n) is 7.05. The number of nitrogens with zero attached hydrogens (tertiary/aromatic N) is 1. The normalized spacial score (nSPS) is 9.83. The number of aromatic nitrogens is 1. The van der Waals surface area contributed by atoms with Gasteiger partial charge in [-0.3, -0.25) is 4.79 Å². The Morgan fingerprint density at radius 3 is 3.00 bits per heavy atom. The fourth-order valence-electron chi connectivity index (χ4n) is 0.773. The topological polar surface area (TPSA) is 67.2 Å². The zero-order chi connectivity index (χ0) is 8.97. The summed E-state index contributed by atoms with van der Waals surface area (Å²) in [6.45, 7) is 2.03. The van der Waals surface area contributed by atoms with Crippen molar-refractivity contribution < 1.29 is 9.32 Å². The second-order valence-electron chi connectivity index (χ2n) is 2.40. The van der Waals surface area contributed by atoms with Gasteiger partial charge in [0.1, 0.15) is 5.76 Å². The zero-order valence-corrected chi connectivity index (χ0v) is 7.05. The van der Waals surface area contributed by atoms with Crippen LogP contribution in [0.25, 0.3) is 0 Å². The fourth-order valence-corrected chi connectivity index (χ4v) is 0.773. The molecule has 1 aromatic rings. The summed E-state index contributed by atoms with van der Waals surface area (Å²) in [7, 11) is 1.70. The van der Waals surface area contributed by atoms with Gasteiger partial charge in [-0.1, -0.05) is 5.16 Å². The number of likely N-dealkylation sites (N-methyl/N-ethyl adjacent to an activating group) is 1. The van der Waals surface area contributed by atoms with Gasteiger partial charge in [-0.15, -0.1) is 0 Å². The highest BCUT2D eigenvalue weighted by Crippen LogP contribution is 2.05. The Bertz CT molecular complexity index is 269. The van der Waals surface area contributed by atoms with E-state index in [1.807, 2.05) is 0 Å². The summed E-state index contributed by atoms with van der Waals surface area (Å²) >= 11 is 0. The van der Waals surface area contributed by atoms with Crippen LogP contribution >= 0.6 is 0 Å². The maximum Gasteiger partial charge on any atom is 0.239 e. The number of anilines is 1. The standard InChI is InChI=1S/C7H11N3O2/c1-5-3-6(10-12-5)9-7(11)4-8-2/h3,8H,4H2,1-2H3,(H,9,10,11). The van der Waals surface area contributed by atoms with Gasteiger partial charge in [0.05, 0.1) is 6.54 Å². The van der Waals surface area contributed by atoms with Gasteiger partial charge in [0, 0.05) is 6.07 Å². The van der Waals surface area contributed by atoms with Crippen molar-refractivity contribution in [2.24, 2.45) is 0 Å². The van der Waals surface area contributed by atoms with Crippen molar-refractivity contribution >= 4 is 11.7 Å². The smallest absolute Gasteiger partial charge is 0.239 e. The SMILES string of the molecule is CNCC(=O)Nc1cc(C)on1. The maximum absolute atomic E-state index is 11.0. The van der Waals surface area contributed by atoms with E-state index in [0.29, 0.717) is 11.6 Å². The maximum atomic E-state index is 11.0. The lowest BCUT2D eigenvalue weighted by atomic mass is 10.5. The Morgan fingerprint density at radius 2 is 2.50 bits per heavy atom. The minimum absolute atomic E-state index is 0.134. The van der Waals surface area contributed by atoms with Crippen LogP contribution in [0, 0.1) is 6.92 Å². The molecule has 0 atom stereocenters. The number of aryl methyl sites for hydroxylation is 1. The van der Waals surface area contributed by atoms with Crippen molar-refractivity contribution in [2.75, 3.05) is 18.9 Å². The third-order valence-corrected chi connectivity index (χ3v) is 1.23. The molecular formula is C7H11N3O2. The number of amides is 1. The highest BCUT2D eigenvalue weighted by Gasteiger charge is 2.03. The van der Waals surface area contributed by atoms with E-state index in [4.69, 9.17) is 4.52 Å². The second kappa shape index (κ2) is 3.87. The lowest BCUT2D eigenvalue weighted by Crippen LogP contribution is -2.25. The number of hydrogen-bond acceptors (Lipinski definition) is 4. The number of hydrogen-bond donors (Lipinski definition) is 2. The Hall–Kier alpha value is -1.36. The summed E-state index contributed by atoms with van der Waals surface area (Å²) < 4.78 is 4.76. The Labute approximate surface area is 70.1 Å². The van der Waals surface area contributed by atoms with Gasteiger partial charge < -0.3 is 15.2 Å². The first-order chi connectivity index (χ1) is 5.72. The summed E-state index contributed by atoms with van der Waals surface area (Å²) in [5, 5.41) is 8.88. The molecule has 1 amide bonds. The van der Waals surface area contributed by atoms with E-state index in [1.54, 1.807) is 20.0 Å². The van der Waals surface area contributed by atoms with Crippen LogP contribution in [0.3, 0.4) is 0 Å². The van der Waals surface area contributed by atoms with Crippen molar-refractivity contribution in [1.82, 2.24) is 10.5 Å². The Morgan fingerprint density at radius 1 is 1.75 bits per heavy atom. The van der Waals surface area contributed by atoms with Crippen molar-refractivity contribution in [3.05, 3.63) is 11.8 Å². The quantitative estimate of drug-likeness (QED) is 0.675.